The van der Waals surface area contributed by atoms with Crippen molar-refractivity contribution in [2.24, 2.45) is 0 Å². The summed E-state index contributed by atoms with van der Waals surface area (Å²) in [6, 6.07) is 8.54. The van der Waals surface area contributed by atoms with E-state index in [2.05, 4.69) is 0 Å². The molecule has 1 fully saturated rings. The lowest BCUT2D eigenvalue weighted by Crippen LogP contribution is -2.49. The first-order chi connectivity index (χ1) is 8.58. The van der Waals surface area contributed by atoms with Crippen LogP contribution in [0.1, 0.15) is 23.7 Å². The van der Waals surface area contributed by atoms with Gasteiger partial charge in [-0.05, 0) is 19.1 Å². The maximum absolute atomic E-state index is 11.8. The predicted molar refractivity (Wildman–Crippen MR) is 62.8 cm³/mol. The van der Waals surface area contributed by atoms with Gasteiger partial charge in [0.05, 0.1) is 17.8 Å². The second-order valence-electron chi connectivity index (χ2n) is 4.33. The number of hydrogen-bond acceptors (Lipinski definition) is 5. The standard InChI is InChI=1S/C13H16O5/c1-8-12(10(14)7-11(15)17-8)18-13(16)9-5-3-2-4-6-9/h2-6,8,10-12,14-15H,7H2,1H3/t8-,10+,11-,12-/m1/s1. The maximum Gasteiger partial charge on any atom is 0.338 e. The van der Waals surface area contributed by atoms with Gasteiger partial charge in [-0.2, -0.15) is 0 Å². The minimum Gasteiger partial charge on any atom is -0.453 e. The van der Waals surface area contributed by atoms with Crippen molar-refractivity contribution < 1.29 is 24.5 Å². The van der Waals surface area contributed by atoms with E-state index in [1.165, 1.54) is 0 Å². The summed E-state index contributed by atoms with van der Waals surface area (Å²) in [7, 11) is 0. The molecule has 1 aliphatic rings. The van der Waals surface area contributed by atoms with Crippen LogP contribution in [-0.4, -0.2) is 40.8 Å². The van der Waals surface area contributed by atoms with Crippen LogP contribution in [0.3, 0.4) is 0 Å². The van der Waals surface area contributed by atoms with Gasteiger partial charge >= 0.3 is 5.97 Å². The van der Waals surface area contributed by atoms with Crippen LogP contribution in [0.4, 0.5) is 0 Å². The zero-order valence-electron chi connectivity index (χ0n) is 10.0. The molecule has 4 atom stereocenters. The molecule has 5 nitrogen and oxygen atoms in total. The minimum absolute atomic E-state index is 0.0388. The number of hydrogen-bond donors (Lipinski definition) is 2. The van der Waals surface area contributed by atoms with E-state index in [1.54, 1.807) is 37.3 Å². The molecule has 1 aliphatic heterocycles. The first kappa shape index (κ1) is 13.0. The Labute approximate surface area is 105 Å². The van der Waals surface area contributed by atoms with Gasteiger partial charge in [-0.1, -0.05) is 18.2 Å². The molecule has 1 aromatic carbocycles. The van der Waals surface area contributed by atoms with Gasteiger partial charge in [0.25, 0.3) is 0 Å². The van der Waals surface area contributed by atoms with Gasteiger partial charge in [0, 0.05) is 6.42 Å². The van der Waals surface area contributed by atoms with Crippen molar-refractivity contribution in [2.45, 2.75) is 37.9 Å². The Bertz CT molecular complexity index is 393. The lowest BCUT2D eigenvalue weighted by molar-refractivity contribution is -0.226. The zero-order valence-corrected chi connectivity index (χ0v) is 10.0. The van der Waals surface area contributed by atoms with E-state index in [4.69, 9.17) is 9.47 Å². The SMILES string of the molecule is C[C@H]1O[C@@H](O)C[C@H](O)[C@@H]1OC(=O)c1ccccc1. The molecule has 0 spiro atoms. The third kappa shape index (κ3) is 2.87. The van der Waals surface area contributed by atoms with Crippen LogP contribution in [0, 0.1) is 0 Å². The van der Waals surface area contributed by atoms with E-state index in [0.717, 1.165) is 0 Å². The molecule has 0 aromatic heterocycles. The quantitative estimate of drug-likeness (QED) is 0.758. The van der Waals surface area contributed by atoms with Crippen molar-refractivity contribution in [3.63, 3.8) is 0 Å². The first-order valence-corrected chi connectivity index (χ1v) is 5.85. The van der Waals surface area contributed by atoms with E-state index in [0.29, 0.717) is 5.56 Å². The molecule has 0 aliphatic carbocycles. The van der Waals surface area contributed by atoms with E-state index in [-0.39, 0.29) is 6.42 Å². The van der Waals surface area contributed by atoms with E-state index >= 15 is 0 Å². The van der Waals surface area contributed by atoms with Crippen LogP contribution in [0.5, 0.6) is 0 Å². The lowest BCUT2D eigenvalue weighted by Gasteiger charge is -2.35. The summed E-state index contributed by atoms with van der Waals surface area (Å²) in [6.45, 7) is 1.65. The first-order valence-electron chi connectivity index (χ1n) is 5.85. The molecule has 5 heteroatoms. The Morgan fingerprint density at radius 3 is 2.61 bits per heavy atom. The number of aliphatic hydroxyl groups is 2. The van der Waals surface area contributed by atoms with Crippen LogP contribution in [0.15, 0.2) is 30.3 Å². The number of ether oxygens (including phenoxy) is 2. The second kappa shape index (κ2) is 5.48. The third-order valence-electron chi connectivity index (χ3n) is 2.91. The van der Waals surface area contributed by atoms with E-state index in [1.807, 2.05) is 0 Å². The number of carbonyl (C=O) groups is 1. The zero-order chi connectivity index (χ0) is 13.1. The number of esters is 1. The van der Waals surface area contributed by atoms with Crippen molar-refractivity contribution in [3.8, 4) is 0 Å². The molecule has 1 saturated heterocycles. The van der Waals surface area contributed by atoms with E-state index in [9.17, 15) is 15.0 Å². The van der Waals surface area contributed by atoms with Crippen molar-refractivity contribution in [3.05, 3.63) is 35.9 Å². The smallest absolute Gasteiger partial charge is 0.338 e. The number of aliphatic hydroxyl groups excluding tert-OH is 2. The van der Waals surface area contributed by atoms with Crippen molar-refractivity contribution in [1.82, 2.24) is 0 Å². The molecule has 0 amide bonds. The Hall–Kier alpha value is -1.43. The highest BCUT2D eigenvalue weighted by Gasteiger charge is 2.37. The van der Waals surface area contributed by atoms with Crippen LogP contribution in [0.2, 0.25) is 0 Å². The summed E-state index contributed by atoms with van der Waals surface area (Å²) in [5, 5.41) is 19.1. The third-order valence-corrected chi connectivity index (χ3v) is 2.91. The van der Waals surface area contributed by atoms with Gasteiger partial charge in [-0.25, -0.2) is 4.79 Å². The molecule has 0 unspecified atom stereocenters. The molecule has 2 N–H and O–H groups in total. The Morgan fingerprint density at radius 2 is 2.00 bits per heavy atom. The van der Waals surface area contributed by atoms with Crippen LogP contribution in [0.25, 0.3) is 0 Å². The average Bonchev–Trinajstić information content (AvgIpc) is 2.34. The maximum atomic E-state index is 11.8. The normalized spacial score (nSPS) is 31.9. The number of rotatable bonds is 2. The van der Waals surface area contributed by atoms with Gasteiger partial charge in [0.15, 0.2) is 12.4 Å². The molecule has 1 aromatic rings. The van der Waals surface area contributed by atoms with Gasteiger partial charge in [-0.3, -0.25) is 0 Å². The molecule has 18 heavy (non-hydrogen) atoms. The van der Waals surface area contributed by atoms with Crippen molar-refractivity contribution in [1.29, 1.82) is 0 Å². The Morgan fingerprint density at radius 1 is 1.33 bits per heavy atom. The molecule has 0 radical (unpaired) electrons. The summed E-state index contributed by atoms with van der Waals surface area (Å²) in [5.74, 6) is -0.508. The summed E-state index contributed by atoms with van der Waals surface area (Å²) >= 11 is 0. The predicted octanol–water partition coefficient (Wildman–Crippen LogP) is 0.700. The fourth-order valence-electron chi connectivity index (χ4n) is 1.97. The van der Waals surface area contributed by atoms with E-state index < -0.39 is 30.6 Å². The highest BCUT2D eigenvalue weighted by Crippen LogP contribution is 2.22. The highest BCUT2D eigenvalue weighted by molar-refractivity contribution is 5.89. The summed E-state index contributed by atoms with van der Waals surface area (Å²) in [6.07, 6.45) is -3.20. The van der Waals surface area contributed by atoms with Crippen LogP contribution >= 0.6 is 0 Å². The van der Waals surface area contributed by atoms with Gasteiger partial charge in [0.1, 0.15) is 0 Å². The van der Waals surface area contributed by atoms with Crippen molar-refractivity contribution in [2.75, 3.05) is 0 Å². The van der Waals surface area contributed by atoms with Gasteiger partial charge < -0.3 is 19.7 Å². The van der Waals surface area contributed by atoms with Crippen LogP contribution < -0.4 is 0 Å². The average molecular weight is 252 g/mol. The topological polar surface area (TPSA) is 76.0 Å². The van der Waals surface area contributed by atoms with Gasteiger partial charge in [-0.15, -0.1) is 0 Å². The molecule has 2 rings (SSSR count). The summed E-state index contributed by atoms with van der Waals surface area (Å²) in [4.78, 5) is 11.8. The number of benzene rings is 1. The van der Waals surface area contributed by atoms with Crippen LogP contribution in [-0.2, 0) is 9.47 Å². The Balaban J connectivity index is 2.03. The molecule has 98 valence electrons. The largest absolute Gasteiger partial charge is 0.453 e. The molecular weight excluding hydrogens is 236 g/mol. The monoisotopic (exact) mass is 252 g/mol. The molecule has 1 heterocycles. The lowest BCUT2D eigenvalue weighted by atomic mass is 10.0. The minimum atomic E-state index is -1.01. The van der Waals surface area contributed by atoms with Gasteiger partial charge in [0.2, 0.25) is 0 Å². The molecule has 0 saturated carbocycles. The molecular formula is C13H16O5. The summed E-state index contributed by atoms with van der Waals surface area (Å²) < 4.78 is 10.3. The highest BCUT2D eigenvalue weighted by atomic mass is 16.6. The second-order valence-corrected chi connectivity index (χ2v) is 4.33. The fourth-order valence-corrected chi connectivity index (χ4v) is 1.97. The molecule has 0 bridgehead atoms. The van der Waals surface area contributed by atoms with Crippen molar-refractivity contribution >= 4 is 5.97 Å². The number of carbonyl (C=O) groups excluding carboxylic acids is 1. The fraction of sp³-hybridized carbons (Fsp3) is 0.462. The Kier molecular flexibility index (Phi) is 3.96. The summed E-state index contributed by atoms with van der Waals surface area (Å²) in [5.41, 5.74) is 0.419.